The van der Waals surface area contributed by atoms with E-state index in [1.165, 1.54) is 22.6 Å². The fourth-order valence-corrected chi connectivity index (χ4v) is 1.61. The number of carbonyl (C=O) groups is 1. The van der Waals surface area contributed by atoms with Crippen LogP contribution in [-0.4, -0.2) is 29.3 Å². The number of nitrogens with zero attached hydrogens (tertiary/aromatic N) is 2. The van der Waals surface area contributed by atoms with Crippen molar-refractivity contribution in [2.24, 2.45) is 0 Å². The van der Waals surface area contributed by atoms with E-state index < -0.39 is 34.4 Å². The molecule has 0 radical (unpaired) electrons. The molecular formula is C8H4F3IN2O5. The van der Waals surface area contributed by atoms with Gasteiger partial charge in [-0.2, -0.15) is 0 Å². The fourth-order valence-electron chi connectivity index (χ4n) is 1.08. The van der Waals surface area contributed by atoms with Crippen molar-refractivity contribution >= 4 is 34.2 Å². The molecule has 0 atom stereocenters. The molecule has 0 saturated heterocycles. The first-order chi connectivity index (χ1) is 8.65. The lowest BCUT2D eigenvalue weighted by Crippen LogP contribution is -2.21. The van der Waals surface area contributed by atoms with Crippen LogP contribution in [0.4, 0.5) is 18.9 Å². The monoisotopic (exact) mass is 392 g/mol. The van der Waals surface area contributed by atoms with E-state index in [0.717, 1.165) is 13.2 Å². The normalized spacial score (nSPS) is 11.0. The maximum absolute atomic E-state index is 12.2. The van der Waals surface area contributed by atoms with Crippen LogP contribution in [0.5, 0.6) is 5.75 Å². The van der Waals surface area contributed by atoms with Crippen LogP contribution in [0.15, 0.2) is 6.07 Å². The standard InChI is InChI=1S/C8H4F3IN2O5/c1-18-7(15)5-6(19-8(9,10)11)3(14(16)17)2-4(12)13-5/h2H,1H3. The first kappa shape index (κ1) is 15.4. The molecule has 0 aromatic carbocycles. The first-order valence-corrected chi connectivity index (χ1v) is 5.42. The number of hydrogen-bond acceptors (Lipinski definition) is 6. The largest absolute Gasteiger partial charge is 0.573 e. The maximum Gasteiger partial charge on any atom is 0.573 e. The highest BCUT2D eigenvalue weighted by atomic mass is 127. The van der Waals surface area contributed by atoms with Gasteiger partial charge in [-0.05, 0) is 22.6 Å². The third kappa shape index (κ3) is 3.90. The Hall–Kier alpha value is -1.66. The predicted molar refractivity (Wildman–Crippen MR) is 61.6 cm³/mol. The van der Waals surface area contributed by atoms with Crippen LogP contribution < -0.4 is 4.74 Å². The van der Waals surface area contributed by atoms with E-state index in [1.807, 2.05) is 0 Å². The van der Waals surface area contributed by atoms with Crippen molar-refractivity contribution < 1.29 is 32.4 Å². The van der Waals surface area contributed by atoms with Gasteiger partial charge in [0.2, 0.25) is 5.75 Å². The quantitative estimate of drug-likeness (QED) is 0.258. The van der Waals surface area contributed by atoms with Gasteiger partial charge in [-0.1, -0.05) is 0 Å². The molecular weight excluding hydrogens is 388 g/mol. The summed E-state index contributed by atoms with van der Waals surface area (Å²) in [5.74, 6) is -2.58. The number of nitro groups is 1. The van der Waals surface area contributed by atoms with Gasteiger partial charge < -0.3 is 9.47 Å². The second-order valence-electron chi connectivity index (χ2n) is 2.94. The zero-order valence-electron chi connectivity index (χ0n) is 9.02. The van der Waals surface area contributed by atoms with Crippen molar-refractivity contribution in [2.75, 3.05) is 7.11 Å². The zero-order valence-corrected chi connectivity index (χ0v) is 11.2. The van der Waals surface area contributed by atoms with Gasteiger partial charge >= 0.3 is 18.0 Å². The molecule has 0 fully saturated rings. The smallest absolute Gasteiger partial charge is 0.464 e. The van der Waals surface area contributed by atoms with Crippen LogP contribution in [0.3, 0.4) is 0 Å². The molecule has 0 aliphatic heterocycles. The predicted octanol–water partition coefficient (Wildman–Crippen LogP) is 2.28. The van der Waals surface area contributed by atoms with Crippen LogP contribution >= 0.6 is 22.6 Å². The molecule has 1 heterocycles. The number of esters is 1. The second-order valence-corrected chi connectivity index (χ2v) is 4.04. The van der Waals surface area contributed by atoms with Gasteiger partial charge in [-0.3, -0.25) is 10.1 Å². The van der Waals surface area contributed by atoms with Crippen molar-refractivity contribution in [2.45, 2.75) is 6.36 Å². The molecule has 0 amide bonds. The summed E-state index contributed by atoms with van der Waals surface area (Å²) in [7, 11) is 0.896. The van der Waals surface area contributed by atoms with Crippen molar-refractivity contribution in [3.05, 3.63) is 25.6 Å². The Morgan fingerprint density at radius 1 is 1.53 bits per heavy atom. The summed E-state index contributed by atoms with van der Waals surface area (Å²) in [6, 6.07) is 0.744. The van der Waals surface area contributed by atoms with Crippen molar-refractivity contribution in [3.8, 4) is 5.75 Å². The van der Waals surface area contributed by atoms with Gasteiger partial charge in [-0.25, -0.2) is 9.78 Å². The number of rotatable bonds is 3. The SMILES string of the molecule is COC(=O)c1nc(I)cc([N+](=O)[O-])c1OC(F)(F)F. The van der Waals surface area contributed by atoms with Gasteiger partial charge in [0.05, 0.1) is 18.1 Å². The third-order valence-electron chi connectivity index (χ3n) is 1.72. The number of methoxy groups -OCH3 is 1. The maximum atomic E-state index is 12.2. The van der Waals surface area contributed by atoms with E-state index >= 15 is 0 Å². The summed E-state index contributed by atoms with van der Waals surface area (Å²) in [4.78, 5) is 24.3. The average Bonchev–Trinajstić information content (AvgIpc) is 2.27. The molecule has 1 rings (SSSR count). The summed E-state index contributed by atoms with van der Waals surface area (Å²) in [5, 5.41) is 10.7. The van der Waals surface area contributed by atoms with E-state index in [0.29, 0.717) is 0 Å². The van der Waals surface area contributed by atoms with Gasteiger partial charge in [0, 0.05) is 0 Å². The highest BCUT2D eigenvalue weighted by Crippen LogP contribution is 2.35. The average molecular weight is 392 g/mol. The molecule has 0 N–H and O–H groups in total. The summed E-state index contributed by atoms with van der Waals surface area (Å²) in [5.41, 5.74) is -1.95. The highest BCUT2D eigenvalue weighted by Gasteiger charge is 2.38. The fraction of sp³-hybridized carbons (Fsp3) is 0.250. The minimum atomic E-state index is -5.21. The number of aromatic nitrogens is 1. The third-order valence-corrected chi connectivity index (χ3v) is 2.27. The zero-order chi connectivity index (χ0) is 14.8. The van der Waals surface area contributed by atoms with Crippen LogP contribution in [0.2, 0.25) is 0 Å². The lowest BCUT2D eigenvalue weighted by atomic mass is 10.3. The Morgan fingerprint density at radius 3 is 2.53 bits per heavy atom. The number of carbonyl (C=O) groups excluding carboxylic acids is 1. The molecule has 0 spiro atoms. The molecule has 0 aliphatic carbocycles. The Labute approximate surface area is 117 Å². The van der Waals surface area contributed by atoms with E-state index in [4.69, 9.17) is 0 Å². The molecule has 7 nitrogen and oxygen atoms in total. The molecule has 1 aromatic heterocycles. The van der Waals surface area contributed by atoms with Crippen LogP contribution in [0.25, 0.3) is 0 Å². The summed E-state index contributed by atoms with van der Waals surface area (Å²) < 4.78 is 44.3. The topological polar surface area (TPSA) is 91.6 Å². The Morgan fingerprint density at radius 2 is 2.11 bits per heavy atom. The summed E-state index contributed by atoms with van der Waals surface area (Å²) in [6.45, 7) is 0. The molecule has 104 valence electrons. The number of halogens is 4. The Bertz CT molecular complexity index is 534. The number of hydrogen-bond donors (Lipinski definition) is 0. The van der Waals surface area contributed by atoms with E-state index in [-0.39, 0.29) is 3.70 Å². The van der Waals surface area contributed by atoms with E-state index in [2.05, 4.69) is 14.5 Å². The molecule has 11 heteroatoms. The van der Waals surface area contributed by atoms with Crippen molar-refractivity contribution in [1.82, 2.24) is 4.98 Å². The van der Waals surface area contributed by atoms with Gasteiger partial charge in [0.15, 0.2) is 5.69 Å². The van der Waals surface area contributed by atoms with Crippen LogP contribution in [0.1, 0.15) is 10.5 Å². The molecule has 0 bridgehead atoms. The van der Waals surface area contributed by atoms with Gasteiger partial charge in [0.25, 0.3) is 0 Å². The molecule has 0 saturated carbocycles. The van der Waals surface area contributed by atoms with E-state index in [9.17, 15) is 28.1 Å². The Balaban J connectivity index is 3.51. The first-order valence-electron chi connectivity index (χ1n) is 4.34. The van der Waals surface area contributed by atoms with Crippen LogP contribution in [-0.2, 0) is 4.74 Å². The Kier molecular flexibility index (Phi) is 4.49. The van der Waals surface area contributed by atoms with Crippen molar-refractivity contribution in [3.63, 3.8) is 0 Å². The number of alkyl halides is 3. The van der Waals surface area contributed by atoms with Crippen molar-refractivity contribution in [1.29, 1.82) is 0 Å². The lowest BCUT2D eigenvalue weighted by molar-refractivity contribution is -0.388. The molecule has 19 heavy (non-hydrogen) atoms. The van der Waals surface area contributed by atoms with Gasteiger partial charge in [0.1, 0.15) is 3.70 Å². The van der Waals surface area contributed by atoms with E-state index in [1.54, 1.807) is 0 Å². The van der Waals surface area contributed by atoms with Crippen LogP contribution in [0, 0.1) is 13.8 Å². The molecule has 0 unspecified atom stereocenters. The number of ether oxygens (including phenoxy) is 2. The lowest BCUT2D eigenvalue weighted by Gasteiger charge is -2.11. The number of pyridine rings is 1. The molecule has 1 aromatic rings. The second kappa shape index (κ2) is 5.54. The summed E-state index contributed by atoms with van der Waals surface area (Å²) in [6.07, 6.45) is -5.21. The highest BCUT2D eigenvalue weighted by molar-refractivity contribution is 14.1. The minimum absolute atomic E-state index is 0.0563. The minimum Gasteiger partial charge on any atom is -0.464 e. The molecule has 0 aliphatic rings. The van der Waals surface area contributed by atoms with Gasteiger partial charge in [-0.15, -0.1) is 13.2 Å². The summed E-state index contributed by atoms with van der Waals surface area (Å²) >= 11 is 1.51.